The van der Waals surface area contributed by atoms with Gasteiger partial charge in [-0.1, -0.05) is 0 Å². The highest BCUT2D eigenvalue weighted by Gasteiger charge is 2.29. The Labute approximate surface area is 184 Å². The molecular weight excluding hydrogens is 420 g/mol. The molecule has 1 aromatic carbocycles. The number of fused-ring (bicyclic) bond motifs is 1. The molecule has 1 fully saturated rings. The summed E-state index contributed by atoms with van der Waals surface area (Å²) in [6, 6.07) is 6.49. The van der Waals surface area contributed by atoms with Crippen molar-refractivity contribution in [3.8, 4) is 28.5 Å². The van der Waals surface area contributed by atoms with E-state index in [0.717, 1.165) is 12.8 Å². The minimum Gasteiger partial charge on any atom is -0.496 e. The van der Waals surface area contributed by atoms with Crippen LogP contribution in [0.15, 0.2) is 36.7 Å². The summed E-state index contributed by atoms with van der Waals surface area (Å²) in [5.41, 5.74) is 7.52. The molecule has 2 heterocycles. The number of Topliss-reactive ketones (excluding diaryl/α,β-unsaturated/α-hetero) is 1. The number of pyridine rings is 1. The fraction of sp³-hybridized carbons (Fsp3) is 0.391. The van der Waals surface area contributed by atoms with Gasteiger partial charge in [0.15, 0.2) is 5.78 Å². The number of benzene rings is 1. The van der Waals surface area contributed by atoms with E-state index >= 15 is 0 Å². The summed E-state index contributed by atoms with van der Waals surface area (Å²) in [5, 5.41) is 0. The van der Waals surface area contributed by atoms with Crippen LogP contribution in [-0.2, 0) is 0 Å². The lowest BCUT2D eigenvalue weighted by Gasteiger charge is -2.16. The van der Waals surface area contributed by atoms with Crippen LogP contribution in [0.5, 0.6) is 17.2 Å². The molecule has 0 bridgehead atoms. The molecule has 1 aliphatic rings. The maximum Gasteiger partial charge on any atom is 0.387 e. The fourth-order valence-electron chi connectivity index (χ4n) is 3.54. The van der Waals surface area contributed by atoms with Crippen molar-refractivity contribution in [2.24, 2.45) is 11.7 Å². The minimum absolute atomic E-state index is 0.0452. The largest absolute Gasteiger partial charge is 0.496 e. The predicted molar refractivity (Wildman–Crippen MR) is 115 cm³/mol. The average Bonchev–Trinajstić information content (AvgIpc) is 3.46. The van der Waals surface area contributed by atoms with Crippen molar-refractivity contribution in [2.75, 3.05) is 13.7 Å². The quantitative estimate of drug-likeness (QED) is 0.468. The summed E-state index contributed by atoms with van der Waals surface area (Å²) in [7, 11) is 1.40. The minimum atomic E-state index is -3.07. The molecule has 2 N–H and O–H groups in total. The van der Waals surface area contributed by atoms with Crippen LogP contribution in [0.1, 0.15) is 36.5 Å². The van der Waals surface area contributed by atoms with E-state index in [-0.39, 0.29) is 35.3 Å². The monoisotopic (exact) mass is 445 g/mol. The molecule has 1 atom stereocenters. The Morgan fingerprint density at radius 3 is 2.69 bits per heavy atom. The Hall–Kier alpha value is -3.20. The van der Waals surface area contributed by atoms with Gasteiger partial charge in [-0.05, 0) is 43.9 Å². The van der Waals surface area contributed by atoms with Crippen LogP contribution in [0.25, 0.3) is 16.9 Å². The van der Waals surface area contributed by atoms with Gasteiger partial charge in [-0.25, -0.2) is 4.98 Å². The van der Waals surface area contributed by atoms with Gasteiger partial charge in [0.2, 0.25) is 0 Å². The Balaban J connectivity index is 1.74. The summed E-state index contributed by atoms with van der Waals surface area (Å²) >= 11 is 0. The number of ketones is 1. The molecule has 7 nitrogen and oxygen atoms in total. The van der Waals surface area contributed by atoms with Gasteiger partial charge in [0.05, 0.1) is 19.0 Å². The normalized spacial score (nSPS) is 14.6. The summed E-state index contributed by atoms with van der Waals surface area (Å²) in [6.45, 7) is -0.863. The van der Waals surface area contributed by atoms with Crippen molar-refractivity contribution in [1.29, 1.82) is 0 Å². The molecule has 1 unspecified atom stereocenters. The Bertz CT molecular complexity index is 1130. The van der Waals surface area contributed by atoms with Gasteiger partial charge in [-0.3, -0.25) is 9.20 Å². The molecule has 0 saturated heterocycles. The summed E-state index contributed by atoms with van der Waals surface area (Å²) < 4.78 is 43.9. The third kappa shape index (κ3) is 4.83. The lowest BCUT2D eigenvalue weighted by Crippen LogP contribution is -2.23. The van der Waals surface area contributed by atoms with E-state index in [2.05, 4.69) is 4.98 Å². The zero-order chi connectivity index (χ0) is 22.8. The second-order valence-corrected chi connectivity index (χ2v) is 8.02. The van der Waals surface area contributed by atoms with Gasteiger partial charge >= 0.3 is 6.61 Å². The fourth-order valence-corrected chi connectivity index (χ4v) is 3.54. The number of hydrogen-bond donors (Lipinski definition) is 1. The second kappa shape index (κ2) is 9.12. The van der Waals surface area contributed by atoms with Gasteiger partial charge in [0, 0.05) is 30.3 Å². The first kappa shape index (κ1) is 22.0. The molecule has 170 valence electrons. The van der Waals surface area contributed by atoms with Crippen molar-refractivity contribution >= 4 is 11.4 Å². The zero-order valence-corrected chi connectivity index (χ0v) is 17.9. The lowest BCUT2D eigenvalue weighted by atomic mass is 10.00. The van der Waals surface area contributed by atoms with E-state index in [1.54, 1.807) is 35.0 Å². The molecule has 9 heteroatoms. The average molecular weight is 445 g/mol. The SMILES string of the molecule is COc1cc(-c2cnc3cc(OCC(C)N)ccn23)cc(OC(F)F)c1C(=O)CC1CC1. The maximum absolute atomic E-state index is 13.2. The first-order valence-corrected chi connectivity index (χ1v) is 10.4. The molecule has 4 rings (SSSR count). The molecule has 0 spiro atoms. The summed E-state index contributed by atoms with van der Waals surface area (Å²) in [4.78, 5) is 17.2. The van der Waals surface area contributed by atoms with E-state index in [1.807, 2.05) is 6.92 Å². The standard InChI is InChI=1S/C23H25F2N3O4/c1-13(26)12-31-16-5-6-28-17(11-27-21(28)10-16)15-8-19(30-2)22(18(29)7-14-3-4-14)20(9-15)32-23(24)25/h5-6,8-11,13-14,23H,3-4,7,12,26H2,1-2H3. The molecule has 1 aliphatic carbocycles. The van der Waals surface area contributed by atoms with E-state index in [1.165, 1.54) is 13.2 Å². The van der Waals surface area contributed by atoms with Gasteiger partial charge in [-0.15, -0.1) is 0 Å². The van der Waals surface area contributed by atoms with Gasteiger partial charge in [-0.2, -0.15) is 8.78 Å². The first-order valence-electron chi connectivity index (χ1n) is 10.4. The Morgan fingerprint density at radius 1 is 1.28 bits per heavy atom. The number of rotatable bonds is 10. The topological polar surface area (TPSA) is 88.1 Å². The van der Waals surface area contributed by atoms with Crippen molar-refractivity contribution in [2.45, 2.75) is 38.8 Å². The third-order valence-corrected chi connectivity index (χ3v) is 5.25. The molecular formula is C23H25F2N3O4. The number of hydrogen-bond acceptors (Lipinski definition) is 6. The van der Waals surface area contributed by atoms with Gasteiger partial charge in [0.25, 0.3) is 0 Å². The van der Waals surface area contributed by atoms with Crippen LogP contribution in [0.4, 0.5) is 8.78 Å². The maximum atomic E-state index is 13.2. The van der Waals surface area contributed by atoms with Crippen LogP contribution in [0, 0.1) is 5.92 Å². The van der Waals surface area contributed by atoms with Crippen LogP contribution in [0.3, 0.4) is 0 Å². The van der Waals surface area contributed by atoms with E-state index in [4.69, 9.17) is 19.9 Å². The van der Waals surface area contributed by atoms with Gasteiger partial charge in [0.1, 0.15) is 35.1 Å². The number of imidazole rings is 1. The summed E-state index contributed by atoms with van der Waals surface area (Å²) in [6.07, 6.45) is 5.59. The van der Waals surface area contributed by atoms with E-state index in [0.29, 0.717) is 35.2 Å². The molecule has 0 amide bonds. The first-order chi connectivity index (χ1) is 15.4. The highest BCUT2D eigenvalue weighted by Crippen LogP contribution is 2.40. The number of halogens is 2. The van der Waals surface area contributed by atoms with Crippen LogP contribution >= 0.6 is 0 Å². The summed E-state index contributed by atoms with van der Waals surface area (Å²) in [5.74, 6) is 0.638. The number of carbonyl (C=O) groups is 1. The van der Waals surface area contributed by atoms with Crippen LogP contribution in [-0.4, -0.2) is 41.5 Å². The van der Waals surface area contributed by atoms with Crippen LogP contribution in [0.2, 0.25) is 0 Å². The lowest BCUT2D eigenvalue weighted by molar-refractivity contribution is -0.0502. The van der Waals surface area contributed by atoms with Crippen molar-refractivity contribution < 1.29 is 27.8 Å². The van der Waals surface area contributed by atoms with Crippen molar-refractivity contribution in [3.63, 3.8) is 0 Å². The zero-order valence-electron chi connectivity index (χ0n) is 17.9. The van der Waals surface area contributed by atoms with Crippen molar-refractivity contribution in [1.82, 2.24) is 9.38 Å². The molecule has 1 saturated carbocycles. The highest BCUT2D eigenvalue weighted by molar-refractivity contribution is 6.02. The number of nitrogens with two attached hydrogens (primary N) is 1. The Kier molecular flexibility index (Phi) is 6.27. The number of ether oxygens (including phenoxy) is 3. The number of aromatic nitrogens is 2. The molecule has 2 aromatic heterocycles. The number of nitrogens with zero attached hydrogens (tertiary/aromatic N) is 2. The molecule has 3 aromatic rings. The smallest absolute Gasteiger partial charge is 0.387 e. The molecule has 0 aliphatic heterocycles. The highest BCUT2D eigenvalue weighted by atomic mass is 19.3. The third-order valence-electron chi connectivity index (χ3n) is 5.25. The number of alkyl halides is 2. The second-order valence-electron chi connectivity index (χ2n) is 8.02. The molecule has 0 radical (unpaired) electrons. The van der Waals surface area contributed by atoms with E-state index in [9.17, 15) is 13.6 Å². The van der Waals surface area contributed by atoms with Crippen molar-refractivity contribution in [3.05, 3.63) is 42.2 Å². The predicted octanol–water partition coefficient (Wildman–Crippen LogP) is 4.32. The molecule has 32 heavy (non-hydrogen) atoms. The van der Waals surface area contributed by atoms with Crippen LogP contribution < -0.4 is 19.9 Å². The Morgan fingerprint density at radius 2 is 2.03 bits per heavy atom. The number of carbonyl (C=O) groups excluding carboxylic acids is 1. The van der Waals surface area contributed by atoms with Gasteiger partial charge < -0.3 is 19.9 Å². The van der Waals surface area contributed by atoms with E-state index < -0.39 is 6.61 Å². The number of methoxy groups -OCH3 is 1.